The van der Waals surface area contributed by atoms with Crippen LogP contribution >= 0.6 is 11.6 Å². The van der Waals surface area contributed by atoms with E-state index in [0.29, 0.717) is 22.7 Å². The van der Waals surface area contributed by atoms with Crippen LogP contribution in [0.25, 0.3) is 0 Å². The van der Waals surface area contributed by atoms with E-state index >= 15 is 0 Å². The molecule has 1 heterocycles. The van der Waals surface area contributed by atoms with Gasteiger partial charge in [0, 0.05) is 5.41 Å². The Morgan fingerprint density at radius 3 is 2.71 bits per heavy atom. The van der Waals surface area contributed by atoms with Gasteiger partial charge in [-0.2, -0.15) is 0 Å². The molecule has 1 aromatic rings. The van der Waals surface area contributed by atoms with Crippen LogP contribution in [0.4, 0.5) is 5.69 Å². The summed E-state index contributed by atoms with van der Waals surface area (Å²) in [5.41, 5.74) is 1.92. The number of para-hydroxylation sites is 1. The Labute approximate surface area is 104 Å². The SMILES string of the molecule is CC1(C)C(/C(C=O)=C/O)=Nc2c(Cl)cccc21. The van der Waals surface area contributed by atoms with Gasteiger partial charge in [-0.15, -0.1) is 0 Å². The van der Waals surface area contributed by atoms with Crippen LogP contribution in [0.5, 0.6) is 0 Å². The molecule has 88 valence electrons. The summed E-state index contributed by atoms with van der Waals surface area (Å²) >= 11 is 6.08. The van der Waals surface area contributed by atoms with Crippen molar-refractivity contribution in [2.45, 2.75) is 19.3 Å². The number of allylic oxidation sites excluding steroid dienone is 1. The van der Waals surface area contributed by atoms with Crippen molar-refractivity contribution >= 4 is 29.3 Å². The lowest BCUT2D eigenvalue weighted by Crippen LogP contribution is -2.27. The number of aliphatic imine (C=N–C) groups is 1. The highest BCUT2D eigenvalue weighted by Crippen LogP contribution is 2.45. The maximum atomic E-state index is 10.9. The van der Waals surface area contributed by atoms with Gasteiger partial charge < -0.3 is 5.11 Å². The normalized spacial score (nSPS) is 17.6. The first-order valence-electron chi connectivity index (χ1n) is 5.20. The minimum absolute atomic E-state index is 0.183. The first-order valence-corrected chi connectivity index (χ1v) is 5.58. The molecule has 0 saturated heterocycles. The summed E-state index contributed by atoms with van der Waals surface area (Å²) in [5.74, 6) is 0. The van der Waals surface area contributed by atoms with Gasteiger partial charge in [0.1, 0.15) is 0 Å². The molecule has 0 amide bonds. The van der Waals surface area contributed by atoms with Gasteiger partial charge in [-0.25, -0.2) is 4.99 Å². The minimum atomic E-state index is -0.435. The van der Waals surface area contributed by atoms with Crippen LogP contribution in [0.1, 0.15) is 19.4 Å². The Morgan fingerprint density at radius 2 is 2.18 bits per heavy atom. The number of hydrogen-bond donors (Lipinski definition) is 1. The summed E-state index contributed by atoms with van der Waals surface area (Å²) in [6.45, 7) is 3.89. The van der Waals surface area contributed by atoms with E-state index in [4.69, 9.17) is 16.7 Å². The number of hydrogen-bond acceptors (Lipinski definition) is 3. The number of carbonyl (C=O) groups excluding carboxylic acids is 1. The fraction of sp³-hybridized carbons (Fsp3) is 0.231. The molecule has 17 heavy (non-hydrogen) atoms. The van der Waals surface area contributed by atoms with E-state index in [1.165, 1.54) is 0 Å². The van der Waals surface area contributed by atoms with E-state index in [1.807, 2.05) is 26.0 Å². The summed E-state index contributed by atoms with van der Waals surface area (Å²) < 4.78 is 0. The summed E-state index contributed by atoms with van der Waals surface area (Å²) in [4.78, 5) is 15.3. The first-order chi connectivity index (χ1) is 8.02. The standard InChI is InChI=1S/C13H12ClNO2/c1-13(2)9-4-3-5-10(14)11(9)15-12(13)8(6-16)7-17/h3-7,16H,1-2H3/b8-6+. The highest BCUT2D eigenvalue weighted by molar-refractivity contribution is 6.34. The van der Waals surface area contributed by atoms with E-state index < -0.39 is 5.41 Å². The third kappa shape index (κ3) is 1.67. The lowest BCUT2D eigenvalue weighted by molar-refractivity contribution is -0.104. The molecule has 1 aliphatic rings. The molecule has 0 aromatic heterocycles. The van der Waals surface area contributed by atoms with Crippen molar-refractivity contribution in [2.75, 3.05) is 0 Å². The fourth-order valence-electron chi connectivity index (χ4n) is 2.09. The van der Waals surface area contributed by atoms with E-state index in [-0.39, 0.29) is 5.57 Å². The Kier molecular flexibility index (Phi) is 2.79. The van der Waals surface area contributed by atoms with Crippen LogP contribution < -0.4 is 0 Å². The molecule has 0 fully saturated rings. The average Bonchev–Trinajstić information content (AvgIpc) is 2.56. The van der Waals surface area contributed by atoms with Crippen molar-refractivity contribution in [3.05, 3.63) is 40.6 Å². The lowest BCUT2D eigenvalue weighted by Gasteiger charge is -2.21. The second-order valence-electron chi connectivity index (χ2n) is 4.42. The Hall–Kier alpha value is -1.61. The Bertz CT molecular complexity index is 544. The van der Waals surface area contributed by atoms with Crippen LogP contribution in [0.3, 0.4) is 0 Å². The molecular weight excluding hydrogens is 238 g/mol. The molecule has 0 unspecified atom stereocenters. The van der Waals surface area contributed by atoms with Gasteiger partial charge in [0.15, 0.2) is 6.29 Å². The zero-order valence-corrected chi connectivity index (χ0v) is 10.3. The number of aliphatic hydroxyl groups excluding tert-OH is 1. The average molecular weight is 250 g/mol. The zero-order valence-electron chi connectivity index (χ0n) is 9.57. The third-order valence-electron chi connectivity index (χ3n) is 3.02. The number of aldehydes is 1. The van der Waals surface area contributed by atoms with Gasteiger partial charge in [0.2, 0.25) is 0 Å². The predicted molar refractivity (Wildman–Crippen MR) is 68.3 cm³/mol. The Balaban J connectivity index is 2.65. The van der Waals surface area contributed by atoms with Crippen molar-refractivity contribution in [3.8, 4) is 0 Å². The molecule has 0 aliphatic carbocycles. The molecule has 3 nitrogen and oxygen atoms in total. The van der Waals surface area contributed by atoms with Gasteiger partial charge in [-0.1, -0.05) is 37.6 Å². The van der Waals surface area contributed by atoms with Crippen molar-refractivity contribution in [1.29, 1.82) is 0 Å². The topological polar surface area (TPSA) is 49.7 Å². The van der Waals surface area contributed by atoms with Crippen molar-refractivity contribution < 1.29 is 9.90 Å². The number of nitrogens with zero attached hydrogens (tertiary/aromatic N) is 1. The Morgan fingerprint density at radius 1 is 1.47 bits per heavy atom. The number of carbonyl (C=O) groups is 1. The molecule has 2 rings (SSSR count). The molecule has 1 aromatic carbocycles. The quantitative estimate of drug-likeness (QED) is 0.496. The van der Waals surface area contributed by atoms with Gasteiger partial charge in [-0.3, -0.25) is 4.79 Å². The number of benzene rings is 1. The molecule has 1 aliphatic heterocycles. The van der Waals surface area contributed by atoms with Gasteiger partial charge in [0.25, 0.3) is 0 Å². The second kappa shape index (κ2) is 4.00. The van der Waals surface area contributed by atoms with Crippen LogP contribution in [0, 0.1) is 0 Å². The number of rotatable bonds is 2. The minimum Gasteiger partial charge on any atom is -0.515 e. The first kappa shape index (κ1) is 11.9. The van der Waals surface area contributed by atoms with Gasteiger partial charge in [0.05, 0.1) is 28.3 Å². The molecule has 0 saturated carbocycles. The highest BCUT2D eigenvalue weighted by atomic mass is 35.5. The third-order valence-corrected chi connectivity index (χ3v) is 3.32. The van der Waals surface area contributed by atoms with Crippen LogP contribution in [-0.2, 0) is 10.2 Å². The number of fused-ring (bicyclic) bond motifs is 1. The van der Waals surface area contributed by atoms with Crippen LogP contribution in [0.15, 0.2) is 35.0 Å². The summed E-state index contributed by atoms with van der Waals surface area (Å²) in [6, 6.07) is 5.54. The zero-order chi connectivity index (χ0) is 12.6. The highest BCUT2D eigenvalue weighted by Gasteiger charge is 2.37. The molecule has 0 spiro atoms. The van der Waals surface area contributed by atoms with Crippen molar-refractivity contribution in [3.63, 3.8) is 0 Å². The summed E-state index contributed by atoms with van der Waals surface area (Å²) in [5, 5.41) is 9.61. The molecular formula is C13H12ClNO2. The van der Waals surface area contributed by atoms with Gasteiger partial charge in [-0.05, 0) is 11.6 Å². The number of halogens is 1. The second-order valence-corrected chi connectivity index (χ2v) is 4.83. The van der Waals surface area contributed by atoms with E-state index in [1.54, 1.807) is 6.07 Å². The van der Waals surface area contributed by atoms with Crippen molar-refractivity contribution in [2.24, 2.45) is 4.99 Å². The van der Waals surface area contributed by atoms with E-state index in [0.717, 1.165) is 11.8 Å². The number of aliphatic hydroxyl groups is 1. The van der Waals surface area contributed by atoms with E-state index in [2.05, 4.69) is 4.99 Å². The fourth-order valence-corrected chi connectivity index (χ4v) is 2.30. The van der Waals surface area contributed by atoms with Gasteiger partial charge >= 0.3 is 0 Å². The monoisotopic (exact) mass is 249 g/mol. The molecule has 0 radical (unpaired) electrons. The predicted octanol–water partition coefficient (Wildman–Crippen LogP) is 3.34. The molecule has 0 atom stereocenters. The van der Waals surface area contributed by atoms with Crippen molar-refractivity contribution in [1.82, 2.24) is 0 Å². The smallest absolute Gasteiger partial charge is 0.155 e. The summed E-state index contributed by atoms with van der Waals surface area (Å²) in [7, 11) is 0. The maximum Gasteiger partial charge on any atom is 0.155 e. The molecule has 4 heteroatoms. The largest absolute Gasteiger partial charge is 0.515 e. The molecule has 1 N–H and O–H groups in total. The van der Waals surface area contributed by atoms with Crippen LogP contribution in [0.2, 0.25) is 5.02 Å². The molecule has 0 bridgehead atoms. The van der Waals surface area contributed by atoms with Crippen LogP contribution in [-0.4, -0.2) is 17.1 Å². The summed E-state index contributed by atoms with van der Waals surface area (Å²) in [6.07, 6.45) is 1.38. The maximum absolute atomic E-state index is 10.9. The lowest BCUT2D eigenvalue weighted by atomic mass is 9.79. The van der Waals surface area contributed by atoms with E-state index in [9.17, 15) is 4.79 Å².